The van der Waals surface area contributed by atoms with Crippen molar-refractivity contribution < 1.29 is 50.6 Å². The zero-order valence-electron chi connectivity index (χ0n) is 18.2. The third kappa shape index (κ3) is 8.87. The van der Waals surface area contributed by atoms with Crippen molar-refractivity contribution in [3.8, 4) is 0 Å². The maximum absolute atomic E-state index is 10.6. The summed E-state index contributed by atoms with van der Waals surface area (Å²) in [5.41, 5.74) is 2.48. The van der Waals surface area contributed by atoms with Gasteiger partial charge in [-0.05, 0) is 31.0 Å². The maximum Gasteiger partial charge on any atom is 0.490 e. The number of aromatic nitrogens is 1. The van der Waals surface area contributed by atoms with Gasteiger partial charge in [-0.2, -0.15) is 26.3 Å². The van der Waals surface area contributed by atoms with Crippen molar-refractivity contribution >= 4 is 11.9 Å². The third-order valence-electron chi connectivity index (χ3n) is 5.35. The summed E-state index contributed by atoms with van der Waals surface area (Å²) in [7, 11) is 0. The number of carboxylic acids is 2. The number of hydrogen-bond acceptors (Lipinski definition) is 6. The number of pyridine rings is 1. The van der Waals surface area contributed by atoms with E-state index in [4.69, 9.17) is 24.2 Å². The Hall–Kier alpha value is -3.13. The lowest BCUT2D eigenvalue weighted by Gasteiger charge is -2.25. The van der Waals surface area contributed by atoms with Crippen molar-refractivity contribution in [2.24, 2.45) is 0 Å². The van der Waals surface area contributed by atoms with Gasteiger partial charge in [0.25, 0.3) is 0 Å². The molecule has 194 valence electrons. The van der Waals surface area contributed by atoms with Gasteiger partial charge in [-0.1, -0.05) is 6.07 Å². The molecule has 2 aliphatic rings. The average molecular weight is 511 g/mol. The Morgan fingerprint density at radius 1 is 0.914 bits per heavy atom. The fraction of sp³-hybridized carbons (Fsp3) is 0.476. The fourth-order valence-corrected chi connectivity index (χ4v) is 3.87. The van der Waals surface area contributed by atoms with Crippen molar-refractivity contribution in [3.05, 3.63) is 54.2 Å². The number of likely N-dealkylation sites (tertiary alicyclic amines) is 2. The molecule has 2 saturated heterocycles. The van der Waals surface area contributed by atoms with Gasteiger partial charge in [-0.15, -0.1) is 0 Å². The molecule has 0 spiro atoms. The molecular formula is C21H23F6N3O5. The largest absolute Gasteiger partial charge is 0.490 e. The number of carbonyl (C=O) groups is 2. The second-order valence-electron chi connectivity index (χ2n) is 7.71. The van der Waals surface area contributed by atoms with Crippen LogP contribution in [-0.2, 0) is 22.7 Å². The second kappa shape index (κ2) is 12.0. The number of fused-ring (bicyclic) bond motifs is 1. The Balaban J connectivity index is 0.000000257. The Bertz CT molecular complexity index is 913. The van der Waals surface area contributed by atoms with E-state index in [9.17, 15) is 26.3 Å². The maximum atomic E-state index is 10.6. The molecule has 0 unspecified atom stereocenters. The molecule has 8 nitrogen and oxygen atoms in total. The van der Waals surface area contributed by atoms with Crippen LogP contribution in [0, 0.1) is 0 Å². The van der Waals surface area contributed by atoms with E-state index < -0.39 is 24.3 Å². The summed E-state index contributed by atoms with van der Waals surface area (Å²) < 4.78 is 68.7. The van der Waals surface area contributed by atoms with Crippen molar-refractivity contribution in [2.45, 2.75) is 50.4 Å². The molecule has 4 rings (SSSR count). The number of rotatable bonds is 4. The quantitative estimate of drug-likeness (QED) is 0.598. The third-order valence-corrected chi connectivity index (χ3v) is 5.35. The van der Waals surface area contributed by atoms with Crippen LogP contribution < -0.4 is 0 Å². The molecule has 0 aromatic carbocycles. The van der Waals surface area contributed by atoms with Crippen molar-refractivity contribution in [1.29, 1.82) is 0 Å². The van der Waals surface area contributed by atoms with E-state index >= 15 is 0 Å². The Morgan fingerprint density at radius 2 is 1.43 bits per heavy atom. The number of halogens is 6. The first-order valence-corrected chi connectivity index (χ1v) is 10.3. The monoisotopic (exact) mass is 511 g/mol. The van der Waals surface area contributed by atoms with Crippen molar-refractivity contribution in [3.63, 3.8) is 0 Å². The van der Waals surface area contributed by atoms with E-state index in [-0.39, 0.29) is 0 Å². The topological polar surface area (TPSA) is 107 Å². The minimum absolute atomic E-state index is 0.693. The SMILES string of the molecule is O=C(O)C(F)(F)F.O=C(O)C(F)(F)F.c1ccc(CN2CC[C@@H]3[C@@H]2CCN3Cc2ccoc2)nc1. The molecule has 0 aliphatic carbocycles. The summed E-state index contributed by atoms with van der Waals surface area (Å²) in [6.45, 7) is 4.39. The Morgan fingerprint density at radius 3 is 1.83 bits per heavy atom. The molecule has 14 heteroatoms. The first-order chi connectivity index (χ1) is 16.3. The molecule has 2 aromatic heterocycles. The van der Waals surface area contributed by atoms with Crippen LogP contribution in [0.2, 0.25) is 0 Å². The molecule has 0 radical (unpaired) electrons. The molecule has 2 aromatic rings. The number of furan rings is 1. The predicted octanol–water partition coefficient (Wildman–Crippen LogP) is 3.79. The van der Waals surface area contributed by atoms with Crippen LogP contribution in [-0.4, -0.2) is 74.5 Å². The van der Waals surface area contributed by atoms with Crippen LogP contribution >= 0.6 is 0 Å². The normalized spacial score (nSPS) is 20.3. The molecular weight excluding hydrogens is 488 g/mol. The van der Waals surface area contributed by atoms with Gasteiger partial charge in [0.1, 0.15) is 0 Å². The molecule has 0 amide bonds. The average Bonchev–Trinajstić information content (AvgIpc) is 3.49. The number of alkyl halides is 6. The van der Waals surface area contributed by atoms with Crippen LogP contribution in [0.25, 0.3) is 0 Å². The molecule has 35 heavy (non-hydrogen) atoms. The summed E-state index contributed by atoms with van der Waals surface area (Å²) >= 11 is 0. The van der Waals surface area contributed by atoms with Crippen LogP contribution in [0.15, 0.2) is 47.4 Å². The minimum atomic E-state index is -5.08. The standard InChI is InChI=1S/C17H21N3O.2C2HF3O2/c1-2-7-18-15(3-1)12-20-9-5-16-17(20)4-8-19(16)11-14-6-10-21-13-14;2*3-2(4,5)1(6)7/h1-3,6-7,10,13,16-17H,4-5,8-9,11-12H2;2*(H,6,7)/t16-,17+;;/m1../s1. The number of hydrogen-bond donors (Lipinski definition) is 2. The van der Waals surface area contributed by atoms with E-state index in [1.165, 1.54) is 37.2 Å². The molecule has 2 atom stereocenters. The van der Waals surface area contributed by atoms with Gasteiger partial charge in [-0.3, -0.25) is 14.8 Å². The summed E-state index contributed by atoms with van der Waals surface area (Å²) in [6, 6.07) is 9.66. The summed E-state index contributed by atoms with van der Waals surface area (Å²) in [6.07, 6.45) is -2.09. The Kier molecular flexibility index (Phi) is 9.65. The lowest BCUT2D eigenvalue weighted by Crippen LogP contribution is -2.36. The second-order valence-corrected chi connectivity index (χ2v) is 7.71. The molecule has 2 aliphatic heterocycles. The van der Waals surface area contributed by atoms with Crippen LogP contribution in [0.4, 0.5) is 26.3 Å². The summed E-state index contributed by atoms with van der Waals surface area (Å²) in [5.74, 6) is -5.51. The van der Waals surface area contributed by atoms with Gasteiger partial charge in [-0.25, -0.2) is 9.59 Å². The first-order valence-electron chi connectivity index (χ1n) is 10.3. The van der Waals surface area contributed by atoms with Gasteiger partial charge >= 0.3 is 24.3 Å². The number of nitrogens with zero attached hydrogens (tertiary/aromatic N) is 3. The molecule has 0 bridgehead atoms. The fourth-order valence-electron chi connectivity index (χ4n) is 3.87. The zero-order valence-corrected chi connectivity index (χ0v) is 18.2. The molecule has 4 heterocycles. The van der Waals surface area contributed by atoms with E-state index in [1.54, 1.807) is 6.26 Å². The van der Waals surface area contributed by atoms with E-state index in [1.807, 2.05) is 18.5 Å². The summed E-state index contributed by atoms with van der Waals surface area (Å²) in [4.78, 5) is 27.5. The van der Waals surface area contributed by atoms with Gasteiger partial charge in [0, 0.05) is 50.0 Å². The minimum Gasteiger partial charge on any atom is -0.475 e. The molecule has 0 saturated carbocycles. The molecule has 2 N–H and O–H groups in total. The highest BCUT2D eigenvalue weighted by atomic mass is 19.4. The smallest absolute Gasteiger partial charge is 0.475 e. The lowest BCUT2D eigenvalue weighted by molar-refractivity contribution is -0.193. The van der Waals surface area contributed by atoms with E-state index in [2.05, 4.69) is 33.0 Å². The van der Waals surface area contributed by atoms with Gasteiger partial charge in [0.2, 0.25) is 0 Å². The highest BCUT2D eigenvalue weighted by Crippen LogP contribution is 2.33. The van der Waals surface area contributed by atoms with Gasteiger partial charge in [0.05, 0.1) is 18.2 Å². The summed E-state index contributed by atoms with van der Waals surface area (Å²) in [5, 5.41) is 14.2. The number of carboxylic acid groups (broad SMARTS) is 2. The number of aliphatic carboxylic acids is 2. The Labute approximate surface area is 195 Å². The predicted molar refractivity (Wildman–Crippen MR) is 108 cm³/mol. The zero-order chi connectivity index (χ0) is 26.2. The van der Waals surface area contributed by atoms with Crippen LogP contribution in [0.1, 0.15) is 24.1 Å². The first kappa shape index (κ1) is 28.1. The van der Waals surface area contributed by atoms with Crippen LogP contribution in [0.5, 0.6) is 0 Å². The molecule has 2 fully saturated rings. The van der Waals surface area contributed by atoms with Crippen molar-refractivity contribution in [2.75, 3.05) is 13.1 Å². The van der Waals surface area contributed by atoms with Gasteiger partial charge in [0.15, 0.2) is 0 Å². The lowest BCUT2D eigenvalue weighted by atomic mass is 10.1. The van der Waals surface area contributed by atoms with E-state index in [0.29, 0.717) is 12.1 Å². The highest BCUT2D eigenvalue weighted by molar-refractivity contribution is 5.73. The van der Waals surface area contributed by atoms with Crippen LogP contribution in [0.3, 0.4) is 0 Å². The van der Waals surface area contributed by atoms with Gasteiger partial charge < -0.3 is 14.6 Å². The highest BCUT2D eigenvalue weighted by Gasteiger charge is 2.42. The van der Waals surface area contributed by atoms with Crippen molar-refractivity contribution in [1.82, 2.24) is 14.8 Å². The van der Waals surface area contributed by atoms with E-state index in [0.717, 1.165) is 13.1 Å².